The van der Waals surface area contributed by atoms with Gasteiger partial charge in [0.05, 0.1) is 24.0 Å². The third kappa shape index (κ3) is 6.01. The van der Waals surface area contributed by atoms with Gasteiger partial charge in [0.15, 0.2) is 5.96 Å². The molecule has 3 heterocycles. The van der Waals surface area contributed by atoms with Gasteiger partial charge in [0.2, 0.25) is 5.89 Å². The molecule has 33 heavy (non-hydrogen) atoms. The average molecular weight is 450 g/mol. The number of likely N-dealkylation sites (tertiary alicyclic amines) is 1. The molecule has 1 unspecified atom stereocenters. The summed E-state index contributed by atoms with van der Waals surface area (Å²) in [5.41, 5.74) is 3.23. The smallest absolute Gasteiger partial charge is 0.208 e. The van der Waals surface area contributed by atoms with E-state index in [-0.39, 0.29) is 6.04 Å². The molecule has 0 aliphatic carbocycles. The van der Waals surface area contributed by atoms with Crippen LogP contribution >= 0.6 is 0 Å². The lowest BCUT2D eigenvalue weighted by atomic mass is 9.97. The standard InChI is InChI=1S/C25H35N7O/c1-18-20(3)33-24(29-18)17-31-13-9-21(10-14-31)16-27-25(26-4)30-19(2)22-7-5-8-23(15-22)32-12-6-11-28-32/h5-8,11-12,15,19,21H,9-10,13-14,16-17H2,1-4H3,(H2,26,27,30). The SMILES string of the molecule is CN=C(NCC1CCN(Cc2nc(C)c(C)o2)CC1)NC(C)c1cccc(-n2cccn2)c1. The van der Waals surface area contributed by atoms with E-state index >= 15 is 0 Å². The summed E-state index contributed by atoms with van der Waals surface area (Å²) in [5, 5.41) is 11.4. The highest BCUT2D eigenvalue weighted by atomic mass is 16.4. The molecule has 4 rings (SSSR count). The molecule has 1 fully saturated rings. The van der Waals surface area contributed by atoms with Gasteiger partial charge in [0.25, 0.3) is 0 Å². The third-order valence-electron chi connectivity index (χ3n) is 6.41. The molecule has 0 spiro atoms. The van der Waals surface area contributed by atoms with Crippen LogP contribution in [0.2, 0.25) is 0 Å². The van der Waals surface area contributed by atoms with Crippen molar-refractivity contribution in [3.63, 3.8) is 0 Å². The summed E-state index contributed by atoms with van der Waals surface area (Å²) in [6.45, 7) is 9.97. The monoisotopic (exact) mass is 449 g/mol. The van der Waals surface area contributed by atoms with Gasteiger partial charge in [-0.15, -0.1) is 0 Å². The highest BCUT2D eigenvalue weighted by Crippen LogP contribution is 2.20. The number of nitrogens with zero attached hydrogens (tertiary/aromatic N) is 5. The minimum atomic E-state index is 0.126. The maximum absolute atomic E-state index is 5.75. The molecule has 8 heteroatoms. The number of hydrogen-bond donors (Lipinski definition) is 2. The van der Waals surface area contributed by atoms with Crippen molar-refractivity contribution in [3.05, 3.63) is 65.6 Å². The summed E-state index contributed by atoms with van der Waals surface area (Å²) in [4.78, 5) is 11.4. The third-order valence-corrected chi connectivity index (χ3v) is 6.41. The molecule has 1 aromatic carbocycles. The molecule has 0 radical (unpaired) electrons. The Morgan fingerprint density at radius 1 is 1.24 bits per heavy atom. The van der Waals surface area contributed by atoms with Crippen molar-refractivity contribution < 1.29 is 4.42 Å². The van der Waals surface area contributed by atoms with Crippen LogP contribution in [0.4, 0.5) is 0 Å². The van der Waals surface area contributed by atoms with E-state index in [1.807, 2.05) is 37.8 Å². The number of piperidine rings is 1. The molecule has 8 nitrogen and oxygen atoms in total. The van der Waals surface area contributed by atoms with Crippen molar-refractivity contribution in [1.29, 1.82) is 0 Å². The maximum Gasteiger partial charge on any atom is 0.208 e. The number of guanidine groups is 1. The molecule has 0 amide bonds. The van der Waals surface area contributed by atoms with Crippen LogP contribution in [0.1, 0.15) is 48.7 Å². The Bertz CT molecular complexity index is 1030. The van der Waals surface area contributed by atoms with Crippen LogP contribution < -0.4 is 10.6 Å². The summed E-state index contributed by atoms with van der Waals surface area (Å²) in [6, 6.07) is 10.5. The fourth-order valence-electron chi connectivity index (χ4n) is 4.23. The lowest BCUT2D eigenvalue weighted by Crippen LogP contribution is -2.43. The zero-order valence-corrected chi connectivity index (χ0v) is 20.1. The van der Waals surface area contributed by atoms with E-state index in [4.69, 9.17) is 4.42 Å². The number of aliphatic imine (C=N–C) groups is 1. The second-order valence-electron chi connectivity index (χ2n) is 8.83. The van der Waals surface area contributed by atoms with Crippen LogP contribution in [-0.4, -0.2) is 52.3 Å². The molecule has 176 valence electrons. The molecule has 0 bridgehead atoms. The van der Waals surface area contributed by atoms with Crippen molar-refractivity contribution in [1.82, 2.24) is 30.3 Å². The fourth-order valence-corrected chi connectivity index (χ4v) is 4.23. The lowest BCUT2D eigenvalue weighted by molar-refractivity contribution is 0.164. The van der Waals surface area contributed by atoms with Crippen LogP contribution in [0.3, 0.4) is 0 Å². The van der Waals surface area contributed by atoms with Gasteiger partial charge < -0.3 is 15.1 Å². The Morgan fingerprint density at radius 2 is 2.06 bits per heavy atom. The number of aryl methyl sites for hydroxylation is 2. The topological polar surface area (TPSA) is 83.5 Å². The van der Waals surface area contributed by atoms with E-state index < -0.39 is 0 Å². The van der Waals surface area contributed by atoms with Crippen LogP contribution in [0.15, 0.2) is 52.1 Å². The van der Waals surface area contributed by atoms with E-state index in [1.165, 1.54) is 5.56 Å². The molecule has 2 N–H and O–H groups in total. The Hall–Kier alpha value is -3.13. The average Bonchev–Trinajstić information content (AvgIpc) is 3.47. The summed E-state index contributed by atoms with van der Waals surface area (Å²) in [5.74, 6) is 3.22. The van der Waals surface area contributed by atoms with Gasteiger partial charge in [-0.25, -0.2) is 9.67 Å². The van der Waals surface area contributed by atoms with E-state index in [9.17, 15) is 0 Å². The predicted molar refractivity (Wildman–Crippen MR) is 130 cm³/mol. The number of benzene rings is 1. The largest absolute Gasteiger partial charge is 0.444 e. The molecule has 1 aliphatic heterocycles. The summed E-state index contributed by atoms with van der Waals surface area (Å²) >= 11 is 0. The van der Waals surface area contributed by atoms with Gasteiger partial charge in [0, 0.05) is 26.0 Å². The van der Waals surface area contributed by atoms with Gasteiger partial charge in [-0.3, -0.25) is 9.89 Å². The Kier molecular flexibility index (Phi) is 7.44. The van der Waals surface area contributed by atoms with Crippen molar-refractivity contribution in [2.24, 2.45) is 10.9 Å². The summed E-state index contributed by atoms with van der Waals surface area (Å²) < 4.78 is 7.62. The number of rotatable bonds is 7. The lowest BCUT2D eigenvalue weighted by Gasteiger charge is -2.31. The number of oxazole rings is 1. The second kappa shape index (κ2) is 10.7. The van der Waals surface area contributed by atoms with Crippen LogP contribution in [-0.2, 0) is 6.54 Å². The molecule has 2 aromatic heterocycles. The second-order valence-corrected chi connectivity index (χ2v) is 8.83. The van der Waals surface area contributed by atoms with Gasteiger partial charge >= 0.3 is 0 Å². The predicted octanol–water partition coefficient (Wildman–Crippen LogP) is 3.62. The van der Waals surface area contributed by atoms with Crippen LogP contribution in [0, 0.1) is 19.8 Å². The van der Waals surface area contributed by atoms with E-state index in [1.54, 1.807) is 6.20 Å². The highest BCUT2D eigenvalue weighted by Gasteiger charge is 2.21. The number of aromatic nitrogens is 3. The van der Waals surface area contributed by atoms with Crippen LogP contribution in [0.5, 0.6) is 0 Å². The van der Waals surface area contributed by atoms with Crippen molar-refractivity contribution in [2.45, 2.75) is 46.2 Å². The van der Waals surface area contributed by atoms with Gasteiger partial charge in [-0.1, -0.05) is 12.1 Å². The first-order valence-corrected chi connectivity index (χ1v) is 11.7. The number of nitrogens with one attached hydrogen (secondary N) is 2. The first-order chi connectivity index (χ1) is 16.0. The van der Waals surface area contributed by atoms with E-state index in [0.717, 1.165) is 68.0 Å². The molecule has 3 aromatic rings. The summed E-state index contributed by atoms with van der Waals surface area (Å²) in [6.07, 6.45) is 6.06. The van der Waals surface area contributed by atoms with Crippen molar-refractivity contribution in [2.75, 3.05) is 26.7 Å². The molecular weight excluding hydrogens is 414 g/mol. The quantitative estimate of drug-likeness (QED) is 0.423. The van der Waals surface area contributed by atoms with Crippen LogP contribution in [0.25, 0.3) is 5.69 Å². The van der Waals surface area contributed by atoms with Gasteiger partial charge in [-0.05, 0) is 76.4 Å². The maximum atomic E-state index is 5.75. The minimum Gasteiger partial charge on any atom is -0.444 e. The van der Waals surface area contributed by atoms with Crippen molar-refractivity contribution >= 4 is 5.96 Å². The molecule has 1 saturated heterocycles. The minimum absolute atomic E-state index is 0.126. The zero-order chi connectivity index (χ0) is 23.2. The number of hydrogen-bond acceptors (Lipinski definition) is 5. The molecule has 1 aliphatic rings. The van der Waals surface area contributed by atoms with Gasteiger partial charge in [0.1, 0.15) is 5.76 Å². The molecule has 0 saturated carbocycles. The first-order valence-electron chi connectivity index (χ1n) is 11.7. The zero-order valence-electron chi connectivity index (χ0n) is 20.1. The Balaban J connectivity index is 1.23. The fraction of sp³-hybridized carbons (Fsp3) is 0.480. The van der Waals surface area contributed by atoms with E-state index in [2.05, 4.69) is 61.8 Å². The highest BCUT2D eigenvalue weighted by molar-refractivity contribution is 5.80. The normalized spacial score (nSPS) is 16.7. The van der Waals surface area contributed by atoms with Crippen molar-refractivity contribution in [3.8, 4) is 5.69 Å². The Labute approximate surface area is 196 Å². The molecule has 1 atom stereocenters. The Morgan fingerprint density at radius 3 is 2.73 bits per heavy atom. The van der Waals surface area contributed by atoms with Gasteiger partial charge in [-0.2, -0.15) is 5.10 Å². The first kappa shape index (κ1) is 23.0. The van der Waals surface area contributed by atoms with E-state index in [0.29, 0.717) is 5.92 Å². The molecular formula is C25H35N7O. The summed E-state index contributed by atoms with van der Waals surface area (Å²) in [7, 11) is 1.82.